The number of aromatic hydroxyl groups is 1. The van der Waals surface area contributed by atoms with Crippen molar-refractivity contribution in [3.63, 3.8) is 0 Å². The van der Waals surface area contributed by atoms with E-state index in [0.29, 0.717) is 33.4 Å². The highest BCUT2D eigenvalue weighted by Gasteiger charge is 2.46. The molecule has 2 fully saturated rings. The van der Waals surface area contributed by atoms with Gasteiger partial charge in [0.25, 0.3) is 0 Å². The third kappa shape index (κ3) is 4.51. The third-order valence-electron chi connectivity index (χ3n) is 8.67. The minimum absolute atomic E-state index is 0.0149. The van der Waals surface area contributed by atoms with E-state index in [2.05, 4.69) is 29.7 Å². The molecule has 208 valence electrons. The van der Waals surface area contributed by atoms with E-state index in [9.17, 15) is 14.3 Å². The Labute approximate surface area is 238 Å². The van der Waals surface area contributed by atoms with Crippen LogP contribution < -0.4 is 10.6 Å². The fourth-order valence-electron chi connectivity index (χ4n) is 6.71. The predicted molar refractivity (Wildman–Crippen MR) is 159 cm³/mol. The van der Waals surface area contributed by atoms with Crippen molar-refractivity contribution in [2.24, 2.45) is 7.05 Å². The van der Waals surface area contributed by atoms with Crippen molar-refractivity contribution >= 4 is 17.3 Å². The van der Waals surface area contributed by atoms with Crippen LogP contribution in [0.3, 0.4) is 0 Å². The number of nitrogens with zero attached hydrogens (tertiary/aromatic N) is 4. The van der Waals surface area contributed by atoms with E-state index in [1.54, 1.807) is 37.6 Å². The molecule has 0 aliphatic carbocycles. The molecule has 40 heavy (non-hydrogen) atoms. The summed E-state index contributed by atoms with van der Waals surface area (Å²) in [6, 6.07) is 16.3. The minimum Gasteiger partial charge on any atom is -0.507 e. The number of benzene rings is 3. The van der Waals surface area contributed by atoms with Crippen LogP contribution in [0.1, 0.15) is 33.1 Å². The van der Waals surface area contributed by atoms with Crippen molar-refractivity contribution in [1.82, 2.24) is 14.0 Å². The van der Waals surface area contributed by atoms with Gasteiger partial charge in [-0.1, -0.05) is 29.8 Å². The molecule has 6 nitrogen and oxygen atoms in total. The number of hydrogen-bond donors (Lipinski definition) is 1. The lowest BCUT2D eigenvalue weighted by Gasteiger charge is -2.38. The van der Waals surface area contributed by atoms with Crippen LogP contribution >= 0.6 is 11.6 Å². The molecule has 0 saturated carbocycles. The van der Waals surface area contributed by atoms with Gasteiger partial charge in [-0.15, -0.1) is 0 Å². The van der Waals surface area contributed by atoms with Gasteiger partial charge in [0.2, 0.25) is 0 Å². The Hall–Kier alpha value is -3.55. The average Bonchev–Trinajstić information content (AvgIpc) is 3.65. The average molecular weight is 561 g/mol. The van der Waals surface area contributed by atoms with Gasteiger partial charge in [0, 0.05) is 60.9 Å². The number of aryl methyl sites for hydroxylation is 1. The molecule has 1 aromatic heterocycles. The molecule has 0 amide bonds. The van der Waals surface area contributed by atoms with Crippen LogP contribution in [-0.4, -0.2) is 50.4 Å². The van der Waals surface area contributed by atoms with Crippen molar-refractivity contribution in [3.8, 4) is 33.7 Å². The zero-order chi connectivity index (χ0) is 28.2. The Kier molecular flexibility index (Phi) is 6.75. The van der Waals surface area contributed by atoms with Gasteiger partial charge in [-0.05, 0) is 87.2 Å². The Morgan fingerprint density at radius 3 is 2.40 bits per heavy atom. The van der Waals surface area contributed by atoms with Crippen molar-refractivity contribution < 1.29 is 9.50 Å². The van der Waals surface area contributed by atoms with Gasteiger partial charge in [-0.3, -0.25) is 9.47 Å². The topological polar surface area (TPSA) is 53.6 Å². The zero-order valence-corrected chi connectivity index (χ0v) is 23.8. The number of rotatable bonds is 5. The van der Waals surface area contributed by atoms with Crippen LogP contribution in [0.15, 0.2) is 71.8 Å². The summed E-state index contributed by atoms with van der Waals surface area (Å²) < 4.78 is 17.9. The summed E-state index contributed by atoms with van der Waals surface area (Å²) in [5.74, 6) is -0.467. The Bertz CT molecular complexity index is 1640. The Morgan fingerprint density at radius 1 is 0.975 bits per heavy atom. The van der Waals surface area contributed by atoms with E-state index in [1.807, 2.05) is 18.2 Å². The van der Waals surface area contributed by atoms with E-state index < -0.39 is 5.82 Å². The maximum absolute atomic E-state index is 15.0. The van der Waals surface area contributed by atoms with Crippen molar-refractivity contribution in [2.45, 2.75) is 44.7 Å². The lowest BCUT2D eigenvalue weighted by atomic mass is 9.94. The van der Waals surface area contributed by atoms with Gasteiger partial charge in [0.15, 0.2) is 0 Å². The van der Waals surface area contributed by atoms with Gasteiger partial charge in [0.05, 0.1) is 10.7 Å². The SMILES string of the molecule is CC(C)N1CCCC12CCN(c1cccc(-c3cc(F)cc(-c4ccc(-n5ccn(C)c5=O)c(Cl)c4)c3O)c1)C2. The fraction of sp³-hybridized carbons (Fsp3) is 0.344. The summed E-state index contributed by atoms with van der Waals surface area (Å²) in [7, 11) is 1.67. The summed E-state index contributed by atoms with van der Waals surface area (Å²) in [6.45, 7) is 7.66. The third-order valence-corrected chi connectivity index (χ3v) is 8.97. The minimum atomic E-state index is -0.452. The number of likely N-dealkylation sites (tertiary alicyclic amines) is 1. The summed E-state index contributed by atoms with van der Waals surface area (Å²) in [4.78, 5) is 17.5. The summed E-state index contributed by atoms with van der Waals surface area (Å²) in [5, 5.41) is 11.7. The predicted octanol–water partition coefficient (Wildman–Crippen LogP) is 6.46. The fourth-order valence-corrected chi connectivity index (χ4v) is 6.98. The monoisotopic (exact) mass is 560 g/mol. The van der Waals surface area contributed by atoms with Gasteiger partial charge < -0.3 is 14.6 Å². The van der Waals surface area contributed by atoms with Crippen LogP contribution in [0.2, 0.25) is 5.02 Å². The second-order valence-electron chi connectivity index (χ2n) is 11.4. The molecule has 1 spiro atoms. The molecule has 1 atom stereocenters. The molecule has 3 heterocycles. The number of phenolic OH excluding ortho intramolecular Hbond substituents is 1. The lowest BCUT2D eigenvalue weighted by Crippen LogP contribution is -2.49. The summed E-state index contributed by atoms with van der Waals surface area (Å²) in [5.41, 5.74) is 3.67. The van der Waals surface area contributed by atoms with Crippen LogP contribution in [0.5, 0.6) is 5.75 Å². The van der Waals surface area contributed by atoms with Crippen molar-refractivity contribution in [2.75, 3.05) is 24.5 Å². The number of hydrogen-bond acceptors (Lipinski definition) is 4. The first-order valence-electron chi connectivity index (χ1n) is 13.9. The van der Waals surface area contributed by atoms with Gasteiger partial charge in [-0.25, -0.2) is 9.18 Å². The zero-order valence-electron chi connectivity index (χ0n) is 23.1. The first kappa shape index (κ1) is 26.7. The standard InChI is InChI=1S/C32H34ClFN4O2/c1-21(2)38-12-5-10-32(38)11-13-36(20-32)25-7-4-6-22(16-25)26-18-24(34)19-27(30(26)39)23-8-9-29(28(33)17-23)37-15-14-35(3)31(37)40/h4,6-9,14-19,21,39H,5,10-13,20H2,1-3H3. The molecular formula is C32H34ClFN4O2. The second-order valence-corrected chi connectivity index (χ2v) is 11.8. The van der Waals surface area contributed by atoms with E-state index >= 15 is 0 Å². The highest BCUT2D eigenvalue weighted by molar-refractivity contribution is 6.32. The summed E-state index contributed by atoms with van der Waals surface area (Å²) >= 11 is 6.57. The molecule has 0 radical (unpaired) electrons. The molecule has 4 aromatic rings. The largest absolute Gasteiger partial charge is 0.507 e. The van der Waals surface area contributed by atoms with Crippen LogP contribution in [0.4, 0.5) is 10.1 Å². The van der Waals surface area contributed by atoms with E-state index in [4.69, 9.17) is 11.6 Å². The highest BCUT2D eigenvalue weighted by atomic mass is 35.5. The van der Waals surface area contributed by atoms with Gasteiger partial charge in [-0.2, -0.15) is 0 Å². The van der Waals surface area contributed by atoms with Crippen LogP contribution in [0.25, 0.3) is 27.9 Å². The number of phenols is 1. The smallest absolute Gasteiger partial charge is 0.332 e. The molecule has 8 heteroatoms. The van der Waals surface area contributed by atoms with Gasteiger partial charge >= 0.3 is 5.69 Å². The normalized spacial score (nSPS) is 19.4. The number of halogens is 2. The summed E-state index contributed by atoms with van der Waals surface area (Å²) in [6.07, 6.45) is 6.88. The van der Waals surface area contributed by atoms with Crippen molar-refractivity contribution in [1.29, 1.82) is 0 Å². The molecule has 0 bridgehead atoms. The van der Waals surface area contributed by atoms with Crippen molar-refractivity contribution in [3.05, 3.63) is 88.3 Å². The Morgan fingerprint density at radius 2 is 1.73 bits per heavy atom. The molecule has 6 rings (SSSR count). The van der Waals surface area contributed by atoms with E-state index in [1.165, 1.54) is 34.1 Å². The molecule has 1 unspecified atom stereocenters. The van der Waals surface area contributed by atoms with E-state index in [0.717, 1.165) is 37.3 Å². The quantitative estimate of drug-likeness (QED) is 0.304. The number of imidazole rings is 1. The maximum atomic E-state index is 15.0. The van der Waals surface area contributed by atoms with Crippen LogP contribution in [0, 0.1) is 5.82 Å². The van der Waals surface area contributed by atoms with Gasteiger partial charge in [0.1, 0.15) is 11.6 Å². The molecule has 3 aromatic carbocycles. The van der Waals surface area contributed by atoms with Crippen LogP contribution in [-0.2, 0) is 7.05 Å². The highest BCUT2D eigenvalue weighted by Crippen LogP contribution is 2.43. The first-order valence-corrected chi connectivity index (χ1v) is 14.2. The molecule has 1 N–H and O–H groups in total. The maximum Gasteiger partial charge on any atom is 0.332 e. The molecule has 2 aliphatic rings. The lowest BCUT2D eigenvalue weighted by molar-refractivity contribution is 0.120. The second kappa shape index (κ2) is 10.1. The Balaban J connectivity index is 1.33. The molecule has 2 saturated heterocycles. The number of aromatic nitrogens is 2. The first-order chi connectivity index (χ1) is 19.2. The molecule has 2 aliphatic heterocycles. The molecular weight excluding hydrogens is 527 g/mol. The number of anilines is 1. The van der Waals surface area contributed by atoms with E-state index in [-0.39, 0.29) is 17.0 Å².